The molecule has 11 heteroatoms. The van der Waals surface area contributed by atoms with Gasteiger partial charge in [-0.05, 0) is 52.4 Å². The highest BCUT2D eigenvalue weighted by molar-refractivity contribution is 5.85. The summed E-state index contributed by atoms with van der Waals surface area (Å²) in [6.07, 6.45) is 29.5. The van der Waals surface area contributed by atoms with Crippen LogP contribution >= 0.6 is 12.4 Å². The predicted molar refractivity (Wildman–Crippen MR) is 190 cm³/mol. The Morgan fingerprint density at radius 1 is 0.512 bits per heavy atom. The topological polar surface area (TPSA) is 230 Å². The molecule has 0 unspecified atom stereocenters. The first kappa shape index (κ1) is 49.4. The Morgan fingerprint density at radius 2 is 0.707 bits per heavy atom. The minimum absolute atomic E-state index is 0. The zero-order valence-electron chi connectivity index (χ0n) is 27.3. The maximum Gasteiger partial charge on any atom is 0.188 e. The molecule has 41 heavy (non-hydrogen) atoms. The quantitative estimate of drug-likeness (QED) is 0.0383. The Labute approximate surface area is 262 Å². The number of guanidine groups is 2. The highest BCUT2D eigenvalue weighted by Crippen LogP contribution is 2.12. The zero-order chi connectivity index (χ0) is 31.0. The summed E-state index contributed by atoms with van der Waals surface area (Å²) < 4.78 is 0. The lowest BCUT2D eigenvalue weighted by Crippen LogP contribution is -2.31. The summed E-state index contributed by atoms with van der Waals surface area (Å²) in [5.74, 6) is 0.217. The molecule has 0 bridgehead atoms. The van der Waals surface area contributed by atoms with E-state index in [1.165, 1.54) is 148 Å². The third-order valence-electron chi connectivity index (χ3n) is 6.34. The number of unbranched alkanes of at least 4 members (excludes halogenated alkanes) is 20. The van der Waals surface area contributed by atoms with Gasteiger partial charge >= 0.3 is 0 Å². The molecule has 0 atom stereocenters. The van der Waals surface area contributed by atoms with Gasteiger partial charge in [0.2, 0.25) is 0 Å². The number of halogens is 1. The van der Waals surface area contributed by atoms with Crippen LogP contribution in [0.15, 0.2) is 4.99 Å². The van der Waals surface area contributed by atoms with Gasteiger partial charge in [0.1, 0.15) is 0 Å². The average molecular weight is 614 g/mol. The first-order chi connectivity index (χ1) is 19.5. The third-order valence-corrected chi connectivity index (χ3v) is 6.34. The number of hydrogen-bond donors (Lipinski definition) is 9. The van der Waals surface area contributed by atoms with Crippen LogP contribution in [0.25, 0.3) is 0 Å². The Morgan fingerprint density at radius 3 is 0.902 bits per heavy atom. The van der Waals surface area contributed by atoms with Crippen LogP contribution in [-0.2, 0) is 0 Å². The molecule has 0 heterocycles. The number of nitrogens with two attached hydrogens (primary N) is 7. The van der Waals surface area contributed by atoms with Gasteiger partial charge in [-0.15, -0.1) is 12.4 Å². The van der Waals surface area contributed by atoms with E-state index >= 15 is 0 Å². The Hall–Kier alpha value is -1.33. The van der Waals surface area contributed by atoms with E-state index in [9.17, 15) is 0 Å². The molecule has 0 aromatic carbocycles. The molecule has 254 valence electrons. The van der Waals surface area contributed by atoms with Crippen molar-refractivity contribution in [3.05, 3.63) is 0 Å². The number of hydrogen-bond acceptors (Lipinski definition) is 6. The van der Waals surface area contributed by atoms with Gasteiger partial charge in [0, 0.05) is 15.0 Å². The molecule has 0 radical (unpaired) electrons. The minimum Gasteiger partial charge on any atom is -0.370 e. The molecule has 0 aromatic heterocycles. The van der Waals surface area contributed by atoms with Crippen LogP contribution in [0.4, 0.5) is 0 Å². The molecule has 0 amide bonds. The van der Waals surface area contributed by atoms with Gasteiger partial charge in [0.25, 0.3) is 0 Å². The van der Waals surface area contributed by atoms with Crippen molar-refractivity contribution in [2.24, 2.45) is 45.1 Å². The standard InChI is InChI=1S/C15H34N4.C13H30N2.CH5N3.CH5N.ClH.H2/c1-18-15(17)19-14-12-10-8-6-4-2-3-5-7-9-11-13-16;14-12-10-8-6-4-2-1-3-5-7-9-11-13-15;2-1(3)4;1-2;;/h2-14,16H2,1H3,(H3,17,18,19);1-15H2;(H5,2,3,4);2H2,1H3;2*1H/i;;;;;1+1. The molecule has 0 fully saturated rings. The van der Waals surface area contributed by atoms with Crippen molar-refractivity contribution >= 4 is 24.3 Å². The van der Waals surface area contributed by atoms with Gasteiger partial charge in [-0.2, -0.15) is 0 Å². The lowest BCUT2D eigenvalue weighted by atomic mass is 10.1. The highest BCUT2D eigenvalue weighted by atomic mass is 35.5. The van der Waals surface area contributed by atoms with Gasteiger partial charge in [-0.25, -0.2) is 0 Å². The summed E-state index contributed by atoms with van der Waals surface area (Å²) >= 11 is 0. The van der Waals surface area contributed by atoms with Crippen LogP contribution < -0.4 is 45.5 Å². The maximum absolute atomic E-state index is 6.06. The number of nitrogens with zero attached hydrogens (tertiary/aromatic N) is 1. The summed E-state index contributed by atoms with van der Waals surface area (Å²) in [4.78, 5) is 3.86. The van der Waals surface area contributed by atoms with Crippen LogP contribution in [-0.4, -0.2) is 52.2 Å². The molecular weight excluding hydrogens is 536 g/mol. The van der Waals surface area contributed by atoms with Gasteiger partial charge in [0.15, 0.2) is 11.9 Å². The second kappa shape index (κ2) is 51.4. The largest absolute Gasteiger partial charge is 0.370 e. The molecule has 10 nitrogen and oxygen atoms in total. The van der Waals surface area contributed by atoms with E-state index in [1.807, 2.05) is 0 Å². The third kappa shape index (κ3) is 67.9. The lowest BCUT2D eigenvalue weighted by molar-refractivity contribution is 0.545. The van der Waals surface area contributed by atoms with Gasteiger partial charge in [-0.1, -0.05) is 116 Å². The molecule has 0 rings (SSSR count). The summed E-state index contributed by atoms with van der Waals surface area (Å²) in [6, 6.07) is 0. The van der Waals surface area contributed by atoms with Crippen molar-refractivity contribution < 1.29 is 1.43 Å². The van der Waals surface area contributed by atoms with E-state index in [2.05, 4.69) is 27.5 Å². The second-order valence-corrected chi connectivity index (χ2v) is 10.1. The molecule has 0 saturated carbocycles. The molecule has 0 aliphatic rings. The van der Waals surface area contributed by atoms with Crippen molar-refractivity contribution in [2.45, 2.75) is 141 Å². The number of aliphatic imine (C=N–C) groups is 1. The highest BCUT2D eigenvalue weighted by Gasteiger charge is 1.94. The van der Waals surface area contributed by atoms with Crippen LogP contribution in [0, 0.1) is 5.41 Å². The Bertz CT molecular complexity index is 459. The van der Waals surface area contributed by atoms with Crippen molar-refractivity contribution in [1.29, 1.82) is 5.41 Å². The maximum atomic E-state index is 6.06. The zero-order valence-corrected chi connectivity index (χ0v) is 28.1. The average Bonchev–Trinajstić information content (AvgIpc) is 2.95. The normalized spacial score (nSPS) is 10.1. The minimum atomic E-state index is -0.333. The lowest BCUT2D eigenvalue weighted by Gasteiger charge is -2.05. The van der Waals surface area contributed by atoms with Crippen LogP contribution in [0.2, 0.25) is 0 Å². The predicted octanol–water partition coefficient (Wildman–Crippen LogP) is 5.05. The van der Waals surface area contributed by atoms with E-state index in [0.717, 1.165) is 26.2 Å². The van der Waals surface area contributed by atoms with E-state index in [0.29, 0.717) is 5.96 Å². The fourth-order valence-corrected chi connectivity index (χ4v) is 4.04. The molecule has 16 N–H and O–H groups in total. The van der Waals surface area contributed by atoms with Gasteiger partial charge in [-0.3, -0.25) is 10.4 Å². The SMILES string of the molecule is CN.CN=C(N)NCCCCCCCCCCCCCN.Cl.N=C(N)N.NCCCCCCCCCCCCCN.[2HH]. The van der Waals surface area contributed by atoms with Crippen LogP contribution in [0.1, 0.15) is 143 Å². The van der Waals surface area contributed by atoms with E-state index in [-0.39, 0.29) is 19.8 Å². The first-order valence-corrected chi connectivity index (χ1v) is 16.2. The Kier molecular flexibility index (Phi) is 61.9. The summed E-state index contributed by atoms with van der Waals surface area (Å²) in [6.45, 7) is 3.53. The fraction of sp³-hybridized carbons (Fsp3) is 0.933. The number of rotatable bonds is 25. The first-order valence-electron chi connectivity index (χ1n) is 16.2. The molecule has 0 aliphatic heterocycles. The van der Waals surface area contributed by atoms with Gasteiger partial charge in [0.05, 0.1) is 0 Å². The van der Waals surface area contributed by atoms with E-state index < -0.39 is 0 Å². The second-order valence-electron chi connectivity index (χ2n) is 10.1. The van der Waals surface area contributed by atoms with Crippen molar-refractivity contribution in [1.82, 2.24) is 5.32 Å². The monoisotopic (exact) mass is 614 g/mol. The van der Waals surface area contributed by atoms with Crippen LogP contribution in [0.3, 0.4) is 0 Å². The fourth-order valence-electron chi connectivity index (χ4n) is 4.04. The summed E-state index contributed by atoms with van der Waals surface area (Å²) in [5, 5.41) is 9.14. The molecule has 0 saturated heterocycles. The summed E-state index contributed by atoms with van der Waals surface area (Å²) in [5.41, 5.74) is 35.3. The van der Waals surface area contributed by atoms with Gasteiger partial charge < -0.3 is 45.5 Å². The van der Waals surface area contributed by atoms with E-state index in [4.69, 9.17) is 28.3 Å². The van der Waals surface area contributed by atoms with Crippen molar-refractivity contribution in [2.75, 3.05) is 40.3 Å². The Balaban J connectivity index is -0.000000126. The molecule has 0 aliphatic carbocycles. The smallest absolute Gasteiger partial charge is 0.188 e. The molecule has 0 spiro atoms. The van der Waals surface area contributed by atoms with Crippen molar-refractivity contribution in [3.63, 3.8) is 0 Å². The number of nitrogens with one attached hydrogen (secondary N) is 2. The summed E-state index contributed by atoms with van der Waals surface area (Å²) in [7, 11) is 3.21. The van der Waals surface area contributed by atoms with E-state index in [1.54, 1.807) is 7.05 Å². The molecular formula is C30H77ClN10. The van der Waals surface area contributed by atoms with Crippen molar-refractivity contribution in [3.8, 4) is 0 Å². The molecule has 0 aromatic rings. The van der Waals surface area contributed by atoms with Crippen LogP contribution in [0.5, 0.6) is 0 Å².